The molecule has 7 heteroatoms. The predicted molar refractivity (Wildman–Crippen MR) is 92.0 cm³/mol. The van der Waals surface area contributed by atoms with Crippen LogP contribution in [0.4, 0.5) is 0 Å². The van der Waals surface area contributed by atoms with Crippen molar-refractivity contribution >= 4 is 11.8 Å². The number of carbonyl (C=O) groups is 2. The Hall–Kier alpha value is -1.92. The molecule has 136 valence electrons. The van der Waals surface area contributed by atoms with E-state index in [1.165, 1.54) is 6.42 Å². The average molecular weight is 345 g/mol. The Morgan fingerprint density at radius 3 is 2.32 bits per heavy atom. The lowest BCUT2D eigenvalue weighted by Crippen LogP contribution is -2.40. The molecule has 1 aromatic heterocycles. The number of aromatic nitrogens is 3. The smallest absolute Gasteiger partial charge is 0.245 e. The number of likely N-dealkylation sites (tertiary alicyclic amines) is 2. The summed E-state index contributed by atoms with van der Waals surface area (Å²) in [4.78, 5) is 28.5. The minimum Gasteiger partial charge on any atom is -0.343 e. The summed E-state index contributed by atoms with van der Waals surface area (Å²) in [5.74, 6) is 2.61. The van der Waals surface area contributed by atoms with Crippen LogP contribution in [0.25, 0.3) is 0 Å². The van der Waals surface area contributed by atoms with E-state index >= 15 is 0 Å². The van der Waals surface area contributed by atoms with Gasteiger partial charge in [0.25, 0.3) is 0 Å². The molecule has 1 unspecified atom stereocenters. The first kappa shape index (κ1) is 16.5. The molecule has 3 aliphatic heterocycles. The molecule has 4 rings (SSSR count). The van der Waals surface area contributed by atoms with Crippen LogP contribution in [0, 0.1) is 0 Å². The third-order valence-corrected chi connectivity index (χ3v) is 6.00. The van der Waals surface area contributed by atoms with E-state index in [9.17, 15) is 9.59 Å². The van der Waals surface area contributed by atoms with Crippen LogP contribution in [0.2, 0.25) is 0 Å². The van der Waals surface area contributed by atoms with Gasteiger partial charge in [-0.15, -0.1) is 10.2 Å². The number of rotatable bonds is 2. The van der Waals surface area contributed by atoms with Crippen molar-refractivity contribution in [3.05, 3.63) is 11.6 Å². The number of amides is 2. The van der Waals surface area contributed by atoms with Crippen molar-refractivity contribution < 1.29 is 9.59 Å². The number of aryl methyl sites for hydroxylation is 1. The van der Waals surface area contributed by atoms with Crippen LogP contribution in [0.5, 0.6) is 0 Å². The zero-order chi connectivity index (χ0) is 17.4. The zero-order valence-electron chi connectivity index (χ0n) is 15.0. The van der Waals surface area contributed by atoms with Gasteiger partial charge in [0.15, 0.2) is 0 Å². The van der Waals surface area contributed by atoms with E-state index in [1.54, 1.807) is 6.92 Å². The lowest BCUT2D eigenvalue weighted by atomic mass is 9.95. The van der Waals surface area contributed by atoms with E-state index < -0.39 is 0 Å². The molecule has 2 saturated heterocycles. The third kappa shape index (κ3) is 3.04. The highest BCUT2D eigenvalue weighted by molar-refractivity contribution is 5.81. The Bertz CT molecular complexity index is 656. The quantitative estimate of drug-likeness (QED) is 0.814. The minimum absolute atomic E-state index is 0.121. The van der Waals surface area contributed by atoms with E-state index in [4.69, 9.17) is 0 Å². The Labute approximate surface area is 148 Å². The fourth-order valence-electron chi connectivity index (χ4n) is 4.53. The molecule has 2 fully saturated rings. The number of hydrogen-bond donors (Lipinski definition) is 0. The maximum Gasteiger partial charge on any atom is 0.245 e. The van der Waals surface area contributed by atoms with E-state index in [1.807, 2.05) is 9.80 Å². The van der Waals surface area contributed by atoms with Gasteiger partial charge in [-0.1, -0.05) is 0 Å². The normalized spacial score (nSPS) is 24.4. The van der Waals surface area contributed by atoms with Crippen LogP contribution in [-0.2, 0) is 16.0 Å². The highest BCUT2D eigenvalue weighted by atomic mass is 16.2. The van der Waals surface area contributed by atoms with E-state index in [2.05, 4.69) is 14.8 Å². The maximum absolute atomic E-state index is 13.0. The van der Waals surface area contributed by atoms with Crippen molar-refractivity contribution in [3.8, 4) is 0 Å². The van der Waals surface area contributed by atoms with Crippen molar-refractivity contribution in [1.29, 1.82) is 0 Å². The molecule has 1 aromatic rings. The second kappa shape index (κ2) is 6.77. The molecule has 0 spiro atoms. The maximum atomic E-state index is 13.0. The SMILES string of the molecule is CC(=O)N1CCC(c2nnc3n2C(C(=O)N2CCCCC2)CC3)CC1. The number of nitrogens with zero attached hydrogens (tertiary/aromatic N) is 5. The summed E-state index contributed by atoms with van der Waals surface area (Å²) in [6.45, 7) is 4.94. The van der Waals surface area contributed by atoms with Gasteiger partial charge in [-0.2, -0.15) is 0 Å². The number of piperidine rings is 2. The molecule has 2 amide bonds. The minimum atomic E-state index is -0.121. The zero-order valence-corrected chi connectivity index (χ0v) is 15.0. The Morgan fingerprint density at radius 1 is 0.920 bits per heavy atom. The van der Waals surface area contributed by atoms with Gasteiger partial charge in [0.2, 0.25) is 11.8 Å². The monoisotopic (exact) mass is 345 g/mol. The van der Waals surface area contributed by atoms with Crippen molar-refractivity contribution in [2.24, 2.45) is 0 Å². The van der Waals surface area contributed by atoms with Gasteiger partial charge in [0.1, 0.15) is 17.7 Å². The molecule has 0 radical (unpaired) electrons. The summed E-state index contributed by atoms with van der Waals surface area (Å²) < 4.78 is 2.13. The van der Waals surface area contributed by atoms with Crippen LogP contribution >= 0.6 is 0 Å². The fourth-order valence-corrected chi connectivity index (χ4v) is 4.53. The second-order valence-electron chi connectivity index (χ2n) is 7.57. The second-order valence-corrected chi connectivity index (χ2v) is 7.57. The first-order valence-electron chi connectivity index (χ1n) is 9.63. The van der Waals surface area contributed by atoms with E-state index in [-0.39, 0.29) is 17.9 Å². The van der Waals surface area contributed by atoms with Gasteiger partial charge >= 0.3 is 0 Å². The molecule has 4 heterocycles. The topological polar surface area (TPSA) is 71.3 Å². The number of carbonyl (C=O) groups excluding carboxylic acids is 2. The molecule has 25 heavy (non-hydrogen) atoms. The number of hydrogen-bond acceptors (Lipinski definition) is 4. The van der Waals surface area contributed by atoms with Crippen molar-refractivity contribution in [2.75, 3.05) is 26.2 Å². The highest BCUT2D eigenvalue weighted by Crippen LogP contribution is 2.35. The molecule has 1 atom stereocenters. The predicted octanol–water partition coefficient (Wildman–Crippen LogP) is 1.50. The summed E-state index contributed by atoms with van der Waals surface area (Å²) in [6.07, 6.45) is 6.95. The van der Waals surface area contributed by atoms with Gasteiger partial charge in [-0.25, -0.2) is 0 Å². The highest BCUT2D eigenvalue weighted by Gasteiger charge is 2.37. The molecule has 0 bridgehead atoms. The molecule has 0 aliphatic carbocycles. The molecule has 0 saturated carbocycles. The van der Waals surface area contributed by atoms with Crippen LogP contribution in [-0.4, -0.2) is 62.6 Å². The van der Waals surface area contributed by atoms with Gasteiger partial charge in [0.05, 0.1) is 0 Å². The van der Waals surface area contributed by atoms with E-state index in [0.717, 1.165) is 76.4 Å². The summed E-state index contributed by atoms with van der Waals surface area (Å²) in [6, 6.07) is -0.121. The standard InChI is InChI=1S/C18H27N5O2/c1-13(24)21-11-7-14(8-12-21)17-20-19-16-6-5-15(23(16)17)18(25)22-9-3-2-4-10-22/h14-15H,2-12H2,1H3. The van der Waals surface area contributed by atoms with Crippen LogP contribution in [0.1, 0.15) is 69.1 Å². The Balaban J connectivity index is 1.51. The van der Waals surface area contributed by atoms with Crippen molar-refractivity contribution in [2.45, 2.75) is 63.8 Å². The van der Waals surface area contributed by atoms with Gasteiger partial charge in [0, 0.05) is 45.4 Å². The Kier molecular flexibility index (Phi) is 4.48. The molecule has 7 nitrogen and oxygen atoms in total. The largest absolute Gasteiger partial charge is 0.343 e. The van der Waals surface area contributed by atoms with Gasteiger partial charge in [-0.05, 0) is 38.5 Å². The average Bonchev–Trinajstić information content (AvgIpc) is 3.24. The lowest BCUT2D eigenvalue weighted by molar-refractivity contribution is -0.135. The first-order valence-corrected chi connectivity index (χ1v) is 9.63. The summed E-state index contributed by atoms with van der Waals surface area (Å²) in [5, 5.41) is 8.81. The fraction of sp³-hybridized carbons (Fsp3) is 0.778. The van der Waals surface area contributed by atoms with Crippen LogP contribution in [0.3, 0.4) is 0 Å². The molecule has 0 aromatic carbocycles. The van der Waals surface area contributed by atoms with Crippen molar-refractivity contribution in [1.82, 2.24) is 24.6 Å². The van der Waals surface area contributed by atoms with E-state index in [0.29, 0.717) is 5.92 Å². The van der Waals surface area contributed by atoms with Gasteiger partial charge < -0.3 is 14.4 Å². The Morgan fingerprint density at radius 2 is 1.64 bits per heavy atom. The third-order valence-electron chi connectivity index (χ3n) is 6.00. The molecule has 3 aliphatic rings. The molecule has 0 N–H and O–H groups in total. The van der Waals surface area contributed by atoms with Gasteiger partial charge in [-0.3, -0.25) is 9.59 Å². The van der Waals surface area contributed by atoms with Crippen molar-refractivity contribution in [3.63, 3.8) is 0 Å². The van der Waals surface area contributed by atoms with Crippen LogP contribution in [0.15, 0.2) is 0 Å². The lowest BCUT2D eigenvalue weighted by Gasteiger charge is -2.32. The molecular formula is C18H27N5O2. The summed E-state index contributed by atoms with van der Waals surface area (Å²) in [5.41, 5.74) is 0. The van der Waals surface area contributed by atoms with Crippen LogP contribution < -0.4 is 0 Å². The summed E-state index contributed by atoms with van der Waals surface area (Å²) in [7, 11) is 0. The number of fused-ring (bicyclic) bond motifs is 1. The molecular weight excluding hydrogens is 318 g/mol. The first-order chi connectivity index (χ1) is 12.1. The summed E-state index contributed by atoms with van der Waals surface area (Å²) >= 11 is 0.